The molecular weight excluding hydrogens is 172 g/mol. The molecule has 0 aromatic heterocycles. The van der Waals surface area contributed by atoms with Crippen molar-refractivity contribution in [3.8, 4) is 0 Å². The van der Waals surface area contributed by atoms with Crippen molar-refractivity contribution in [1.29, 1.82) is 0 Å². The molecule has 1 aliphatic heterocycles. The summed E-state index contributed by atoms with van der Waals surface area (Å²) < 4.78 is 5.81. The van der Waals surface area contributed by atoms with Crippen LogP contribution in [0.3, 0.4) is 0 Å². The van der Waals surface area contributed by atoms with E-state index < -0.39 is 0 Å². The van der Waals surface area contributed by atoms with Crippen LogP contribution in [0.4, 0.5) is 0 Å². The number of rotatable bonds is 1. The molecule has 0 radical (unpaired) electrons. The Bertz CT molecular complexity index is 248. The highest BCUT2D eigenvalue weighted by atomic mass is 16.5. The monoisotopic (exact) mass is 194 g/mol. The largest absolute Gasteiger partial charge is 0.498 e. The minimum Gasteiger partial charge on any atom is -0.498 e. The molecule has 0 spiro atoms. The second-order valence-corrected chi connectivity index (χ2v) is 5.28. The van der Waals surface area contributed by atoms with Crippen molar-refractivity contribution in [2.45, 2.75) is 52.9 Å². The summed E-state index contributed by atoms with van der Waals surface area (Å²) in [5.74, 6) is 2.09. The first-order valence-corrected chi connectivity index (χ1v) is 6.00. The summed E-state index contributed by atoms with van der Waals surface area (Å²) in [6.45, 7) is 8.07. The van der Waals surface area contributed by atoms with E-state index in [2.05, 4.69) is 20.8 Å². The fraction of sp³-hybridized carbons (Fsp3) is 0.846. The van der Waals surface area contributed by atoms with Crippen LogP contribution in [0.1, 0.15) is 52.9 Å². The second kappa shape index (κ2) is 3.60. The Morgan fingerprint density at radius 1 is 1.21 bits per heavy atom. The van der Waals surface area contributed by atoms with E-state index in [9.17, 15) is 0 Å². The topological polar surface area (TPSA) is 9.23 Å². The zero-order valence-electron chi connectivity index (χ0n) is 9.73. The molecule has 0 fully saturated rings. The van der Waals surface area contributed by atoms with Crippen molar-refractivity contribution in [3.05, 3.63) is 11.3 Å². The van der Waals surface area contributed by atoms with Gasteiger partial charge in [-0.25, -0.2) is 0 Å². The zero-order chi connectivity index (χ0) is 10.2. The van der Waals surface area contributed by atoms with Gasteiger partial charge in [-0.15, -0.1) is 0 Å². The maximum Gasteiger partial charge on any atom is 0.0957 e. The lowest BCUT2D eigenvalue weighted by atomic mass is 9.66. The van der Waals surface area contributed by atoms with E-state index in [4.69, 9.17) is 4.74 Å². The fourth-order valence-corrected chi connectivity index (χ4v) is 2.82. The molecule has 0 aromatic carbocycles. The van der Waals surface area contributed by atoms with Gasteiger partial charge in [0.15, 0.2) is 0 Å². The first-order valence-electron chi connectivity index (χ1n) is 6.00. The van der Waals surface area contributed by atoms with Gasteiger partial charge < -0.3 is 4.74 Å². The Morgan fingerprint density at radius 3 is 2.64 bits per heavy atom. The Labute approximate surface area is 87.5 Å². The van der Waals surface area contributed by atoms with Gasteiger partial charge in [0.25, 0.3) is 0 Å². The van der Waals surface area contributed by atoms with Crippen LogP contribution in [0.2, 0.25) is 0 Å². The lowest BCUT2D eigenvalue weighted by molar-refractivity contribution is 0.0850. The van der Waals surface area contributed by atoms with E-state index in [1.165, 1.54) is 37.9 Å². The molecule has 14 heavy (non-hydrogen) atoms. The average molecular weight is 194 g/mol. The second-order valence-electron chi connectivity index (χ2n) is 5.28. The molecule has 2 aliphatic rings. The van der Waals surface area contributed by atoms with Crippen LogP contribution in [-0.2, 0) is 4.74 Å². The molecule has 1 unspecified atom stereocenters. The molecule has 1 heterocycles. The summed E-state index contributed by atoms with van der Waals surface area (Å²) in [6.07, 6.45) is 6.38. The maximum absolute atomic E-state index is 5.81. The highest BCUT2D eigenvalue weighted by molar-refractivity contribution is 5.23. The summed E-state index contributed by atoms with van der Waals surface area (Å²) in [5, 5.41) is 0. The normalized spacial score (nSPS) is 32.9. The molecule has 1 heteroatoms. The molecule has 1 atom stereocenters. The molecular formula is C13H22O. The third kappa shape index (κ3) is 1.47. The highest BCUT2D eigenvalue weighted by Crippen LogP contribution is 2.48. The van der Waals surface area contributed by atoms with Crippen molar-refractivity contribution in [2.75, 3.05) is 6.61 Å². The van der Waals surface area contributed by atoms with Crippen LogP contribution in [-0.4, -0.2) is 6.61 Å². The van der Waals surface area contributed by atoms with Gasteiger partial charge in [-0.3, -0.25) is 0 Å². The van der Waals surface area contributed by atoms with E-state index in [-0.39, 0.29) is 0 Å². The standard InChI is InChI=1S/C13H22O/c1-10(2)13(3)8-9-14-12-7-5-4-6-11(12)13/h10H,4-9H2,1-3H3. The van der Waals surface area contributed by atoms with Crippen molar-refractivity contribution in [3.63, 3.8) is 0 Å². The zero-order valence-corrected chi connectivity index (χ0v) is 9.73. The summed E-state index contributed by atoms with van der Waals surface area (Å²) in [7, 11) is 0. The van der Waals surface area contributed by atoms with Gasteiger partial charge in [0.2, 0.25) is 0 Å². The highest BCUT2D eigenvalue weighted by Gasteiger charge is 2.38. The first kappa shape index (κ1) is 10.1. The molecule has 0 amide bonds. The average Bonchev–Trinajstić information content (AvgIpc) is 2.18. The lowest BCUT2D eigenvalue weighted by Crippen LogP contribution is -2.33. The predicted molar refractivity (Wildman–Crippen MR) is 59.0 cm³/mol. The molecule has 0 saturated heterocycles. The molecule has 0 saturated carbocycles. The van der Waals surface area contributed by atoms with E-state index in [0.29, 0.717) is 5.41 Å². The molecule has 1 nitrogen and oxygen atoms in total. The number of hydrogen-bond donors (Lipinski definition) is 0. The summed E-state index contributed by atoms with van der Waals surface area (Å²) in [4.78, 5) is 0. The number of ether oxygens (including phenoxy) is 1. The van der Waals surface area contributed by atoms with E-state index in [1.807, 2.05) is 0 Å². The van der Waals surface area contributed by atoms with E-state index in [1.54, 1.807) is 5.57 Å². The van der Waals surface area contributed by atoms with Crippen LogP contribution in [0.5, 0.6) is 0 Å². The SMILES string of the molecule is CC(C)C1(C)CCOC2=C1CCCC2. The van der Waals surface area contributed by atoms with Gasteiger partial charge in [-0.05, 0) is 42.6 Å². The first-order chi connectivity index (χ1) is 6.64. The Kier molecular flexibility index (Phi) is 2.59. The minimum absolute atomic E-state index is 0.425. The minimum atomic E-state index is 0.425. The Balaban J connectivity index is 2.33. The molecule has 0 N–H and O–H groups in total. The Hall–Kier alpha value is -0.460. The van der Waals surface area contributed by atoms with Gasteiger partial charge in [0.1, 0.15) is 0 Å². The summed E-state index contributed by atoms with van der Waals surface area (Å²) >= 11 is 0. The van der Waals surface area contributed by atoms with E-state index in [0.717, 1.165) is 12.5 Å². The van der Waals surface area contributed by atoms with Crippen molar-refractivity contribution in [2.24, 2.45) is 11.3 Å². The number of allylic oxidation sites excluding steroid dienone is 2. The molecule has 1 aliphatic carbocycles. The summed E-state index contributed by atoms with van der Waals surface area (Å²) in [6, 6.07) is 0. The predicted octanol–water partition coefficient (Wildman–Crippen LogP) is 3.90. The van der Waals surface area contributed by atoms with Gasteiger partial charge >= 0.3 is 0 Å². The maximum atomic E-state index is 5.81. The molecule has 0 bridgehead atoms. The third-order valence-electron chi connectivity index (χ3n) is 4.28. The van der Waals surface area contributed by atoms with Gasteiger partial charge in [-0.2, -0.15) is 0 Å². The smallest absolute Gasteiger partial charge is 0.0957 e. The molecule has 0 aromatic rings. The van der Waals surface area contributed by atoms with Gasteiger partial charge in [0.05, 0.1) is 12.4 Å². The van der Waals surface area contributed by atoms with Crippen LogP contribution < -0.4 is 0 Å². The van der Waals surface area contributed by atoms with Crippen LogP contribution in [0.15, 0.2) is 11.3 Å². The molecule has 2 rings (SSSR count). The Morgan fingerprint density at radius 2 is 1.93 bits per heavy atom. The van der Waals surface area contributed by atoms with Crippen molar-refractivity contribution >= 4 is 0 Å². The van der Waals surface area contributed by atoms with Gasteiger partial charge in [-0.1, -0.05) is 20.8 Å². The summed E-state index contributed by atoms with van der Waals surface area (Å²) in [5.41, 5.74) is 2.07. The van der Waals surface area contributed by atoms with Crippen molar-refractivity contribution < 1.29 is 4.74 Å². The molecule has 80 valence electrons. The van der Waals surface area contributed by atoms with Crippen molar-refractivity contribution in [1.82, 2.24) is 0 Å². The van der Waals surface area contributed by atoms with Crippen LogP contribution in [0, 0.1) is 11.3 Å². The van der Waals surface area contributed by atoms with E-state index >= 15 is 0 Å². The van der Waals surface area contributed by atoms with Crippen LogP contribution >= 0.6 is 0 Å². The fourth-order valence-electron chi connectivity index (χ4n) is 2.82. The van der Waals surface area contributed by atoms with Gasteiger partial charge in [0, 0.05) is 6.42 Å². The third-order valence-corrected chi connectivity index (χ3v) is 4.28. The van der Waals surface area contributed by atoms with Crippen LogP contribution in [0.25, 0.3) is 0 Å². The number of hydrogen-bond acceptors (Lipinski definition) is 1. The lowest BCUT2D eigenvalue weighted by Gasteiger charge is -2.43. The quantitative estimate of drug-likeness (QED) is 0.615.